The van der Waals surface area contributed by atoms with Gasteiger partial charge in [-0.1, -0.05) is 51.4 Å². The lowest BCUT2D eigenvalue weighted by atomic mass is 10.2. The summed E-state index contributed by atoms with van der Waals surface area (Å²) in [7, 11) is 0. The smallest absolute Gasteiger partial charge is 0.260 e. The molecule has 0 radical (unpaired) electrons. The topological polar surface area (TPSA) is 64.9 Å². The van der Waals surface area contributed by atoms with Gasteiger partial charge in [0.1, 0.15) is 0 Å². The summed E-state index contributed by atoms with van der Waals surface area (Å²) >= 11 is 3.36. The SMILES string of the molecule is Nc1cc(Br)ccc1-c1nc(-c2ccccc2)no1. The van der Waals surface area contributed by atoms with E-state index < -0.39 is 0 Å². The first-order chi connectivity index (χ1) is 9.24. The van der Waals surface area contributed by atoms with Gasteiger partial charge in [0.25, 0.3) is 5.89 Å². The molecule has 2 aromatic carbocycles. The van der Waals surface area contributed by atoms with E-state index in [9.17, 15) is 0 Å². The number of nitrogen functional groups attached to an aromatic ring is 1. The van der Waals surface area contributed by atoms with Crippen molar-refractivity contribution in [2.24, 2.45) is 0 Å². The molecule has 0 aliphatic rings. The van der Waals surface area contributed by atoms with E-state index in [1.807, 2.05) is 48.5 Å². The van der Waals surface area contributed by atoms with Gasteiger partial charge in [-0.05, 0) is 18.2 Å². The summed E-state index contributed by atoms with van der Waals surface area (Å²) in [6.45, 7) is 0. The number of nitrogens with zero attached hydrogens (tertiary/aromatic N) is 2. The van der Waals surface area contributed by atoms with Gasteiger partial charge >= 0.3 is 0 Å². The highest BCUT2D eigenvalue weighted by Crippen LogP contribution is 2.28. The average molecular weight is 316 g/mol. The zero-order valence-corrected chi connectivity index (χ0v) is 11.5. The molecular weight excluding hydrogens is 306 g/mol. The molecule has 19 heavy (non-hydrogen) atoms. The molecule has 3 rings (SSSR count). The maximum Gasteiger partial charge on any atom is 0.260 e. The fraction of sp³-hybridized carbons (Fsp3) is 0. The van der Waals surface area contributed by atoms with E-state index >= 15 is 0 Å². The normalized spacial score (nSPS) is 10.6. The van der Waals surface area contributed by atoms with Crippen LogP contribution in [0.15, 0.2) is 57.5 Å². The Morgan fingerprint density at radius 1 is 1.05 bits per heavy atom. The van der Waals surface area contributed by atoms with Crippen LogP contribution in [0.2, 0.25) is 0 Å². The summed E-state index contributed by atoms with van der Waals surface area (Å²) in [4.78, 5) is 4.37. The van der Waals surface area contributed by atoms with E-state index in [1.54, 1.807) is 0 Å². The lowest BCUT2D eigenvalue weighted by Gasteiger charge is -2.00. The number of nitrogens with two attached hydrogens (primary N) is 1. The highest BCUT2D eigenvalue weighted by molar-refractivity contribution is 9.10. The van der Waals surface area contributed by atoms with Crippen LogP contribution >= 0.6 is 15.9 Å². The molecule has 0 saturated heterocycles. The second-order valence-electron chi connectivity index (χ2n) is 4.02. The molecule has 0 aliphatic carbocycles. The number of benzene rings is 2. The highest BCUT2D eigenvalue weighted by atomic mass is 79.9. The minimum Gasteiger partial charge on any atom is -0.398 e. The molecule has 4 nitrogen and oxygen atoms in total. The maximum absolute atomic E-state index is 5.94. The Balaban J connectivity index is 2.02. The molecule has 0 atom stereocenters. The molecule has 0 amide bonds. The van der Waals surface area contributed by atoms with Crippen LogP contribution in [0.4, 0.5) is 5.69 Å². The number of aromatic nitrogens is 2. The third-order valence-corrected chi connectivity index (χ3v) is 3.20. The predicted octanol–water partition coefficient (Wildman–Crippen LogP) is 3.75. The molecule has 1 heterocycles. The Hall–Kier alpha value is -2.14. The Bertz CT molecular complexity index is 710. The van der Waals surface area contributed by atoms with E-state index in [-0.39, 0.29) is 0 Å². The second-order valence-corrected chi connectivity index (χ2v) is 4.94. The second kappa shape index (κ2) is 4.85. The van der Waals surface area contributed by atoms with Gasteiger partial charge in [-0.25, -0.2) is 0 Å². The van der Waals surface area contributed by atoms with Gasteiger partial charge in [-0.3, -0.25) is 0 Å². The third kappa shape index (κ3) is 2.37. The summed E-state index contributed by atoms with van der Waals surface area (Å²) in [5, 5.41) is 3.97. The van der Waals surface area contributed by atoms with Crippen molar-refractivity contribution in [1.82, 2.24) is 10.1 Å². The first kappa shape index (κ1) is 11.9. The fourth-order valence-electron chi connectivity index (χ4n) is 1.77. The van der Waals surface area contributed by atoms with Crippen molar-refractivity contribution < 1.29 is 4.52 Å². The third-order valence-electron chi connectivity index (χ3n) is 2.70. The minimum absolute atomic E-state index is 0.420. The number of anilines is 1. The van der Waals surface area contributed by atoms with Gasteiger partial charge < -0.3 is 10.3 Å². The van der Waals surface area contributed by atoms with Crippen molar-refractivity contribution in [3.63, 3.8) is 0 Å². The Morgan fingerprint density at radius 2 is 1.84 bits per heavy atom. The van der Waals surface area contributed by atoms with Crippen molar-refractivity contribution in [2.45, 2.75) is 0 Å². The van der Waals surface area contributed by atoms with E-state index in [2.05, 4.69) is 26.1 Å². The molecule has 0 spiro atoms. The largest absolute Gasteiger partial charge is 0.398 e. The number of hydrogen-bond acceptors (Lipinski definition) is 4. The van der Waals surface area contributed by atoms with Crippen LogP contribution in [0.1, 0.15) is 0 Å². The molecule has 0 bridgehead atoms. The molecule has 3 aromatic rings. The van der Waals surface area contributed by atoms with Crippen LogP contribution in [-0.2, 0) is 0 Å². The van der Waals surface area contributed by atoms with Crippen molar-refractivity contribution >= 4 is 21.6 Å². The van der Waals surface area contributed by atoms with Crippen LogP contribution < -0.4 is 5.73 Å². The monoisotopic (exact) mass is 315 g/mol. The summed E-state index contributed by atoms with van der Waals surface area (Å²) in [6.07, 6.45) is 0. The molecule has 94 valence electrons. The van der Waals surface area contributed by atoms with E-state index in [0.29, 0.717) is 17.4 Å². The standard InChI is InChI=1S/C14H10BrN3O/c15-10-6-7-11(12(16)8-10)14-17-13(18-19-14)9-4-2-1-3-5-9/h1-8H,16H2. The quantitative estimate of drug-likeness (QED) is 0.731. The van der Waals surface area contributed by atoms with Crippen LogP contribution in [0, 0.1) is 0 Å². The first-order valence-electron chi connectivity index (χ1n) is 5.68. The van der Waals surface area contributed by atoms with Crippen molar-refractivity contribution in [2.75, 3.05) is 5.73 Å². The van der Waals surface area contributed by atoms with Crippen molar-refractivity contribution in [1.29, 1.82) is 0 Å². The molecule has 2 N–H and O–H groups in total. The van der Waals surface area contributed by atoms with Crippen molar-refractivity contribution in [3.05, 3.63) is 53.0 Å². The molecule has 0 fully saturated rings. The highest BCUT2D eigenvalue weighted by Gasteiger charge is 2.12. The fourth-order valence-corrected chi connectivity index (χ4v) is 2.14. The lowest BCUT2D eigenvalue weighted by Crippen LogP contribution is -1.90. The van der Waals surface area contributed by atoms with Gasteiger partial charge in [0.2, 0.25) is 5.82 Å². The van der Waals surface area contributed by atoms with Gasteiger partial charge in [-0.15, -0.1) is 0 Å². The van der Waals surface area contributed by atoms with Crippen LogP contribution in [-0.4, -0.2) is 10.1 Å². The van der Waals surface area contributed by atoms with Gasteiger partial charge in [0.05, 0.1) is 5.56 Å². The summed E-state index contributed by atoms with van der Waals surface area (Å²) in [6, 6.07) is 15.2. The van der Waals surface area contributed by atoms with Gasteiger partial charge in [0, 0.05) is 15.7 Å². The molecule has 0 unspecified atom stereocenters. The molecule has 0 saturated carbocycles. The summed E-state index contributed by atoms with van der Waals surface area (Å²) in [5.74, 6) is 0.974. The molecular formula is C14H10BrN3O. The Kier molecular flexibility index (Phi) is 3.05. The zero-order chi connectivity index (χ0) is 13.2. The van der Waals surface area contributed by atoms with E-state index in [4.69, 9.17) is 10.3 Å². The lowest BCUT2D eigenvalue weighted by molar-refractivity contribution is 0.432. The van der Waals surface area contributed by atoms with E-state index in [1.165, 1.54) is 0 Å². The molecule has 1 aromatic heterocycles. The number of halogens is 1. The molecule has 5 heteroatoms. The minimum atomic E-state index is 0.420. The summed E-state index contributed by atoms with van der Waals surface area (Å²) in [5.41, 5.74) is 8.18. The summed E-state index contributed by atoms with van der Waals surface area (Å²) < 4.78 is 6.18. The zero-order valence-electron chi connectivity index (χ0n) is 9.88. The van der Waals surface area contributed by atoms with Gasteiger partial charge in [0.15, 0.2) is 0 Å². The first-order valence-corrected chi connectivity index (χ1v) is 6.48. The predicted molar refractivity (Wildman–Crippen MR) is 77.3 cm³/mol. The number of rotatable bonds is 2. The molecule has 0 aliphatic heterocycles. The Labute approximate surface area is 118 Å². The van der Waals surface area contributed by atoms with Crippen LogP contribution in [0.5, 0.6) is 0 Å². The number of hydrogen-bond donors (Lipinski definition) is 1. The maximum atomic E-state index is 5.94. The Morgan fingerprint density at radius 3 is 2.58 bits per heavy atom. The van der Waals surface area contributed by atoms with Crippen LogP contribution in [0.25, 0.3) is 22.8 Å². The average Bonchev–Trinajstić information content (AvgIpc) is 2.89. The van der Waals surface area contributed by atoms with E-state index in [0.717, 1.165) is 15.6 Å². The van der Waals surface area contributed by atoms with Crippen molar-refractivity contribution in [3.8, 4) is 22.8 Å². The van der Waals surface area contributed by atoms with Gasteiger partial charge in [-0.2, -0.15) is 4.98 Å². The van der Waals surface area contributed by atoms with Crippen LogP contribution in [0.3, 0.4) is 0 Å².